The molecule has 5 heteroatoms. The Morgan fingerprint density at radius 1 is 1.25 bits per heavy atom. The van der Waals surface area contributed by atoms with Gasteiger partial charge in [0.05, 0.1) is 11.0 Å². The summed E-state index contributed by atoms with van der Waals surface area (Å²) >= 11 is 6.09. The molecule has 0 radical (unpaired) electrons. The van der Waals surface area contributed by atoms with Gasteiger partial charge in [-0.05, 0) is 48.4 Å². The van der Waals surface area contributed by atoms with Gasteiger partial charge in [-0.25, -0.2) is 0 Å². The maximum atomic E-state index is 6.09. The first kappa shape index (κ1) is 12.8. The van der Waals surface area contributed by atoms with Crippen molar-refractivity contribution in [3.63, 3.8) is 0 Å². The minimum absolute atomic E-state index is 0.440. The number of anilines is 1. The van der Waals surface area contributed by atoms with E-state index in [0.717, 1.165) is 28.0 Å². The number of rotatable bonds is 3. The molecule has 0 saturated heterocycles. The van der Waals surface area contributed by atoms with Crippen LogP contribution in [0.5, 0.6) is 11.8 Å². The third kappa shape index (κ3) is 2.42. The quantitative estimate of drug-likeness (QED) is 0.711. The van der Waals surface area contributed by atoms with E-state index in [2.05, 4.69) is 16.9 Å². The number of benzene rings is 2. The van der Waals surface area contributed by atoms with Crippen molar-refractivity contribution in [3.05, 3.63) is 47.0 Å². The molecule has 2 aromatic carbocycles. The van der Waals surface area contributed by atoms with Crippen LogP contribution in [0, 0.1) is 0 Å². The third-order valence-corrected chi connectivity index (χ3v) is 3.47. The number of nitrogens with two attached hydrogens (primary N) is 1. The maximum absolute atomic E-state index is 6.09. The number of ether oxygens (including phenoxy) is 1. The number of hydrogen-bond donors (Lipinski definition) is 2. The summed E-state index contributed by atoms with van der Waals surface area (Å²) in [7, 11) is 0. The van der Waals surface area contributed by atoms with Crippen molar-refractivity contribution in [2.75, 3.05) is 5.73 Å². The van der Waals surface area contributed by atoms with Crippen LogP contribution in [0.25, 0.3) is 11.0 Å². The van der Waals surface area contributed by atoms with Crippen LogP contribution in [0.4, 0.5) is 5.69 Å². The zero-order valence-electron chi connectivity index (χ0n) is 11.0. The molecule has 3 aromatic rings. The molecule has 0 aliphatic rings. The first-order valence-electron chi connectivity index (χ1n) is 6.37. The number of aromatic amines is 1. The lowest BCUT2D eigenvalue weighted by atomic mass is 10.1. The highest BCUT2D eigenvalue weighted by Crippen LogP contribution is 2.27. The molecule has 0 amide bonds. The van der Waals surface area contributed by atoms with Crippen molar-refractivity contribution >= 4 is 28.3 Å². The number of fused-ring (bicyclic) bond motifs is 1. The largest absolute Gasteiger partial charge is 0.426 e. The van der Waals surface area contributed by atoms with Gasteiger partial charge in [0.15, 0.2) is 0 Å². The second kappa shape index (κ2) is 5.06. The second-order valence-electron chi connectivity index (χ2n) is 4.53. The van der Waals surface area contributed by atoms with E-state index in [1.165, 1.54) is 0 Å². The number of imidazole rings is 1. The molecule has 0 atom stereocenters. The van der Waals surface area contributed by atoms with E-state index < -0.39 is 0 Å². The molecule has 20 heavy (non-hydrogen) atoms. The summed E-state index contributed by atoms with van der Waals surface area (Å²) in [6, 6.07) is 11.5. The summed E-state index contributed by atoms with van der Waals surface area (Å²) < 4.78 is 5.73. The summed E-state index contributed by atoms with van der Waals surface area (Å²) in [5.41, 5.74) is 9.14. The Balaban J connectivity index is 1.92. The Morgan fingerprint density at radius 3 is 2.90 bits per heavy atom. The number of H-pyrrole nitrogens is 1. The number of nitrogens with zero attached hydrogens (tertiary/aromatic N) is 1. The number of nitrogen functional groups attached to an aromatic ring is 1. The van der Waals surface area contributed by atoms with E-state index in [1.54, 1.807) is 0 Å². The highest BCUT2D eigenvalue weighted by molar-refractivity contribution is 6.31. The van der Waals surface area contributed by atoms with E-state index >= 15 is 0 Å². The Morgan fingerprint density at radius 2 is 2.10 bits per heavy atom. The summed E-state index contributed by atoms with van der Waals surface area (Å²) in [5.74, 6) is 0.707. The average Bonchev–Trinajstić information content (AvgIpc) is 2.82. The first-order chi connectivity index (χ1) is 9.65. The molecule has 1 aromatic heterocycles. The zero-order chi connectivity index (χ0) is 14.1. The number of aryl methyl sites for hydroxylation is 1. The van der Waals surface area contributed by atoms with Crippen LogP contribution in [-0.4, -0.2) is 9.97 Å². The van der Waals surface area contributed by atoms with Crippen LogP contribution in [0.15, 0.2) is 36.4 Å². The fourth-order valence-corrected chi connectivity index (χ4v) is 2.30. The minimum atomic E-state index is 0.440. The zero-order valence-corrected chi connectivity index (χ0v) is 11.7. The van der Waals surface area contributed by atoms with Crippen LogP contribution in [0.3, 0.4) is 0 Å². The Labute approximate surface area is 121 Å². The van der Waals surface area contributed by atoms with Gasteiger partial charge in [0.1, 0.15) is 5.75 Å². The smallest absolute Gasteiger partial charge is 0.300 e. The number of halogens is 1. The van der Waals surface area contributed by atoms with E-state index in [1.807, 2.05) is 36.4 Å². The predicted octanol–water partition coefficient (Wildman–Crippen LogP) is 4.15. The molecule has 0 bridgehead atoms. The predicted molar refractivity (Wildman–Crippen MR) is 81.4 cm³/mol. The van der Waals surface area contributed by atoms with Gasteiger partial charge in [0, 0.05) is 10.7 Å². The van der Waals surface area contributed by atoms with Crippen molar-refractivity contribution < 1.29 is 4.74 Å². The molecule has 3 rings (SSSR count). The maximum Gasteiger partial charge on any atom is 0.300 e. The SMILES string of the molecule is CCc1cc(Oc2nc3ccc(N)cc3[nH]2)ccc1Cl. The van der Waals surface area contributed by atoms with Crippen molar-refractivity contribution in [1.29, 1.82) is 0 Å². The molecule has 0 fully saturated rings. The van der Waals surface area contributed by atoms with Gasteiger partial charge in [-0.2, -0.15) is 4.98 Å². The van der Waals surface area contributed by atoms with Crippen LogP contribution in [-0.2, 0) is 6.42 Å². The molecular weight excluding hydrogens is 274 g/mol. The van der Waals surface area contributed by atoms with Crippen molar-refractivity contribution in [1.82, 2.24) is 9.97 Å². The monoisotopic (exact) mass is 287 g/mol. The lowest BCUT2D eigenvalue weighted by Gasteiger charge is -2.05. The summed E-state index contributed by atoms with van der Waals surface area (Å²) in [5, 5.41) is 0.747. The lowest BCUT2D eigenvalue weighted by molar-refractivity contribution is 0.449. The first-order valence-corrected chi connectivity index (χ1v) is 6.75. The molecule has 1 heterocycles. The molecule has 0 spiro atoms. The van der Waals surface area contributed by atoms with Crippen LogP contribution in [0.1, 0.15) is 12.5 Å². The van der Waals surface area contributed by atoms with E-state index in [9.17, 15) is 0 Å². The second-order valence-corrected chi connectivity index (χ2v) is 4.93. The van der Waals surface area contributed by atoms with Crippen LogP contribution in [0.2, 0.25) is 5.02 Å². The summed E-state index contributed by atoms with van der Waals surface area (Å²) in [6.07, 6.45) is 0.854. The highest BCUT2D eigenvalue weighted by Gasteiger charge is 2.07. The van der Waals surface area contributed by atoms with Crippen molar-refractivity contribution in [2.45, 2.75) is 13.3 Å². The van der Waals surface area contributed by atoms with E-state index in [0.29, 0.717) is 17.4 Å². The van der Waals surface area contributed by atoms with Gasteiger partial charge in [-0.3, -0.25) is 0 Å². The molecule has 0 unspecified atom stereocenters. The van der Waals surface area contributed by atoms with Gasteiger partial charge in [-0.15, -0.1) is 0 Å². The minimum Gasteiger partial charge on any atom is -0.426 e. The van der Waals surface area contributed by atoms with Crippen LogP contribution >= 0.6 is 11.6 Å². The fourth-order valence-electron chi connectivity index (χ4n) is 2.05. The molecule has 0 saturated carbocycles. The molecule has 3 N–H and O–H groups in total. The highest BCUT2D eigenvalue weighted by atomic mass is 35.5. The summed E-state index contributed by atoms with van der Waals surface area (Å²) in [6.45, 7) is 2.05. The van der Waals surface area contributed by atoms with Crippen molar-refractivity contribution in [3.8, 4) is 11.8 Å². The molecular formula is C15H14ClN3O. The van der Waals surface area contributed by atoms with Gasteiger partial charge >= 0.3 is 0 Å². The molecule has 102 valence electrons. The van der Waals surface area contributed by atoms with E-state index in [4.69, 9.17) is 22.1 Å². The van der Waals surface area contributed by atoms with E-state index in [-0.39, 0.29) is 0 Å². The summed E-state index contributed by atoms with van der Waals surface area (Å²) in [4.78, 5) is 7.45. The third-order valence-electron chi connectivity index (χ3n) is 3.10. The average molecular weight is 288 g/mol. The lowest BCUT2D eigenvalue weighted by Crippen LogP contribution is -1.89. The van der Waals surface area contributed by atoms with Gasteiger partial charge in [-0.1, -0.05) is 18.5 Å². The number of hydrogen-bond acceptors (Lipinski definition) is 3. The topological polar surface area (TPSA) is 63.9 Å². The number of aromatic nitrogens is 2. The molecule has 0 aliphatic heterocycles. The van der Waals surface area contributed by atoms with Crippen LogP contribution < -0.4 is 10.5 Å². The van der Waals surface area contributed by atoms with Gasteiger partial charge in [0.2, 0.25) is 0 Å². The Kier molecular flexibility index (Phi) is 3.24. The number of nitrogens with one attached hydrogen (secondary N) is 1. The van der Waals surface area contributed by atoms with Gasteiger partial charge < -0.3 is 15.5 Å². The fraction of sp³-hybridized carbons (Fsp3) is 0.133. The standard InChI is InChI=1S/C15H14ClN3O/c1-2-9-7-11(4-5-12(9)16)20-15-18-13-6-3-10(17)8-14(13)19-15/h3-8H,2,17H2,1H3,(H,18,19). The van der Waals surface area contributed by atoms with Crippen molar-refractivity contribution in [2.24, 2.45) is 0 Å². The molecule has 4 nitrogen and oxygen atoms in total. The molecule has 0 aliphatic carbocycles. The van der Waals surface area contributed by atoms with Gasteiger partial charge in [0.25, 0.3) is 6.01 Å². The normalized spacial score (nSPS) is 10.9. The Bertz CT molecular complexity index is 767. The Hall–Kier alpha value is -2.20.